The van der Waals surface area contributed by atoms with Gasteiger partial charge in [-0.25, -0.2) is 13.4 Å². The first-order valence-electron chi connectivity index (χ1n) is 9.32. The van der Waals surface area contributed by atoms with Crippen LogP contribution in [0.25, 0.3) is 0 Å². The van der Waals surface area contributed by atoms with E-state index in [1.54, 1.807) is 36.1 Å². The van der Waals surface area contributed by atoms with Gasteiger partial charge in [0.1, 0.15) is 24.5 Å². The molecular weight excluding hydrogens is 404 g/mol. The van der Waals surface area contributed by atoms with Crippen LogP contribution in [-0.2, 0) is 21.4 Å². The summed E-state index contributed by atoms with van der Waals surface area (Å²) in [6.07, 6.45) is 3.01. The fraction of sp³-hybridized carbons (Fsp3) is 0.200. The van der Waals surface area contributed by atoms with Crippen molar-refractivity contribution in [1.29, 1.82) is 0 Å². The molecule has 2 atom stereocenters. The number of amides is 1. The van der Waals surface area contributed by atoms with E-state index >= 15 is 0 Å². The molecule has 154 valence electrons. The Labute approximate surface area is 173 Å². The number of fused-ring (bicyclic) bond motifs is 1. The summed E-state index contributed by atoms with van der Waals surface area (Å²) in [5, 5.41) is 7.09. The van der Waals surface area contributed by atoms with Gasteiger partial charge < -0.3 is 5.32 Å². The number of benzene rings is 2. The van der Waals surface area contributed by atoms with Crippen molar-refractivity contribution < 1.29 is 13.2 Å². The lowest BCUT2D eigenvalue weighted by molar-refractivity contribution is -0.122. The summed E-state index contributed by atoms with van der Waals surface area (Å²) in [6, 6.07) is 14.9. The Morgan fingerprint density at radius 1 is 1.17 bits per heavy atom. The van der Waals surface area contributed by atoms with Gasteiger partial charge in [0, 0.05) is 5.56 Å². The highest BCUT2D eigenvalue weighted by molar-refractivity contribution is 7.90. The molecule has 0 bridgehead atoms. The first-order valence-corrected chi connectivity index (χ1v) is 10.8. The van der Waals surface area contributed by atoms with Gasteiger partial charge in [0.2, 0.25) is 5.91 Å². The molecule has 3 aromatic rings. The summed E-state index contributed by atoms with van der Waals surface area (Å²) in [5.74, 6) is -0.166. The molecule has 0 aliphatic carbocycles. The van der Waals surface area contributed by atoms with Crippen LogP contribution >= 0.6 is 0 Å². The van der Waals surface area contributed by atoms with Gasteiger partial charge in [0.15, 0.2) is 0 Å². The van der Waals surface area contributed by atoms with E-state index in [4.69, 9.17) is 0 Å². The van der Waals surface area contributed by atoms with Gasteiger partial charge in [-0.2, -0.15) is 5.10 Å². The zero-order valence-corrected chi connectivity index (χ0v) is 17.0. The van der Waals surface area contributed by atoms with E-state index in [9.17, 15) is 13.2 Å². The van der Waals surface area contributed by atoms with Gasteiger partial charge in [-0.15, -0.1) is 0 Å². The van der Waals surface area contributed by atoms with E-state index < -0.39 is 16.1 Å². The van der Waals surface area contributed by atoms with Crippen LogP contribution in [0.1, 0.15) is 24.1 Å². The molecule has 1 aromatic heterocycles. The van der Waals surface area contributed by atoms with E-state index in [-0.39, 0.29) is 22.7 Å². The minimum absolute atomic E-state index is 0.157. The minimum atomic E-state index is -3.66. The molecule has 2 N–H and O–H groups in total. The molecule has 30 heavy (non-hydrogen) atoms. The number of carbonyl (C=O) groups is 1. The van der Waals surface area contributed by atoms with Crippen molar-refractivity contribution in [1.82, 2.24) is 24.8 Å². The number of carbonyl (C=O) groups excluding carboxylic acids is 1. The van der Waals surface area contributed by atoms with E-state index in [0.29, 0.717) is 12.1 Å². The number of rotatable bonds is 6. The largest absolute Gasteiger partial charge is 0.346 e. The Bertz CT molecular complexity index is 1180. The second kappa shape index (κ2) is 8.07. The molecule has 2 heterocycles. The number of nitrogens with one attached hydrogen (secondary N) is 2. The quantitative estimate of drug-likeness (QED) is 0.618. The zero-order chi connectivity index (χ0) is 21.1. The Kier molecular flexibility index (Phi) is 5.32. The number of aliphatic imine (C=N–C) groups is 1. The van der Waals surface area contributed by atoms with Gasteiger partial charge in [-0.3, -0.25) is 19.2 Å². The predicted octanol–water partition coefficient (Wildman–Crippen LogP) is 1.26. The first kappa shape index (κ1) is 19.8. The molecule has 0 fully saturated rings. The molecule has 10 heteroatoms. The average Bonchev–Trinajstić information content (AvgIpc) is 3.34. The van der Waals surface area contributed by atoms with Crippen molar-refractivity contribution in [3.8, 4) is 0 Å². The Balaban J connectivity index is 1.55. The highest BCUT2D eigenvalue weighted by Gasteiger charge is 2.31. The normalized spacial score (nSPS) is 17.7. The van der Waals surface area contributed by atoms with Gasteiger partial charge >= 0.3 is 0 Å². The van der Waals surface area contributed by atoms with Crippen LogP contribution in [0.4, 0.5) is 0 Å². The van der Waals surface area contributed by atoms with Crippen LogP contribution in [0.2, 0.25) is 0 Å². The van der Waals surface area contributed by atoms with E-state index in [1.165, 1.54) is 12.4 Å². The Morgan fingerprint density at radius 3 is 2.63 bits per heavy atom. The Morgan fingerprint density at radius 2 is 1.90 bits per heavy atom. The maximum absolute atomic E-state index is 12.9. The molecule has 9 nitrogen and oxygen atoms in total. The van der Waals surface area contributed by atoms with Crippen molar-refractivity contribution in [2.24, 2.45) is 4.99 Å². The van der Waals surface area contributed by atoms with Gasteiger partial charge in [-0.05, 0) is 24.6 Å². The highest BCUT2D eigenvalue weighted by atomic mass is 32.2. The number of sulfonamides is 1. The second-order valence-corrected chi connectivity index (χ2v) is 8.50. The predicted molar refractivity (Wildman–Crippen MR) is 110 cm³/mol. The lowest BCUT2D eigenvalue weighted by Crippen LogP contribution is -2.38. The van der Waals surface area contributed by atoms with Gasteiger partial charge in [0.25, 0.3) is 10.0 Å². The molecule has 0 spiro atoms. The minimum Gasteiger partial charge on any atom is -0.346 e. The molecule has 4 rings (SSSR count). The molecular formula is C20H20N6O3S. The maximum Gasteiger partial charge on any atom is 0.263 e. The number of aromatic nitrogens is 3. The lowest BCUT2D eigenvalue weighted by Gasteiger charge is -2.20. The number of hydrogen-bond acceptors (Lipinski definition) is 6. The molecule has 2 aromatic carbocycles. The molecule has 1 unspecified atom stereocenters. The van der Waals surface area contributed by atoms with Crippen LogP contribution in [0, 0.1) is 0 Å². The molecule has 1 aliphatic heterocycles. The summed E-state index contributed by atoms with van der Waals surface area (Å²) in [6.45, 7) is 2.02. The monoisotopic (exact) mass is 424 g/mol. The van der Waals surface area contributed by atoms with Crippen molar-refractivity contribution in [2.75, 3.05) is 0 Å². The SMILES string of the molecule is C[C@H](N=C1NS(=O)(=O)c2ccccc21)C(=O)NC(Cn1cncn1)c1ccccc1. The standard InChI is InChI=1S/C20H20N6O3S/c1-14(23-19-16-9-5-6-10-18(16)30(28,29)25-19)20(27)24-17(11-26-13-21-12-22-26)15-7-3-2-4-8-15/h2-10,12-14,17H,11H2,1H3,(H,23,25)(H,24,27)/t14-,17?/m0/s1. The molecule has 1 aliphatic rings. The number of nitrogens with zero attached hydrogens (tertiary/aromatic N) is 4. The summed E-state index contributed by atoms with van der Waals surface area (Å²) in [7, 11) is -3.66. The maximum atomic E-state index is 12.9. The summed E-state index contributed by atoms with van der Waals surface area (Å²) < 4.78 is 28.6. The van der Waals surface area contributed by atoms with Gasteiger partial charge in [-0.1, -0.05) is 42.5 Å². The van der Waals surface area contributed by atoms with Crippen molar-refractivity contribution >= 4 is 21.8 Å². The summed E-state index contributed by atoms with van der Waals surface area (Å²) in [5.41, 5.74) is 1.37. The van der Waals surface area contributed by atoms with Crippen LogP contribution < -0.4 is 10.0 Å². The van der Waals surface area contributed by atoms with Crippen molar-refractivity contribution in [3.63, 3.8) is 0 Å². The number of amidine groups is 1. The van der Waals surface area contributed by atoms with E-state index in [1.807, 2.05) is 30.3 Å². The van der Waals surface area contributed by atoms with Crippen molar-refractivity contribution in [3.05, 3.63) is 78.4 Å². The fourth-order valence-corrected chi connectivity index (χ4v) is 4.45. The second-order valence-electron chi connectivity index (χ2n) is 6.84. The molecule has 1 amide bonds. The Hall–Kier alpha value is -3.53. The van der Waals surface area contributed by atoms with Crippen LogP contribution in [-0.4, -0.2) is 41.0 Å². The van der Waals surface area contributed by atoms with Crippen LogP contribution in [0.15, 0.2) is 77.1 Å². The van der Waals surface area contributed by atoms with Crippen LogP contribution in [0.3, 0.4) is 0 Å². The topological polar surface area (TPSA) is 118 Å². The fourth-order valence-electron chi connectivity index (χ4n) is 3.21. The zero-order valence-electron chi connectivity index (χ0n) is 16.1. The van der Waals surface area contributed by atoms with Crippen LogP contribution in [0.5, 0.6) is 0 Å². The highest BCUT2D eigenvalue weighted by Crippen LogP contribution is 2.23. The average molecular weight is 424 g/mol. The summed E-state index contributed by atoms with van der Waals surface area (Å²) >= 11 is 0. The molecule has 0 saturated heterocycles. The van der Waals surface area contributed by atoms with Gasteiger partial charge in [0.05, 0.1) is 17.5 Å². The molecule has 0 saturated carbocycles. The third-order valence-electron chi connectivity index (χ3n) is 4.72. The lowest BCUT2D eigenvalue weighted by atomic mass is 10.1. The third kappa shape index (κ3) is 4.08. The van der Waals surface area contributed by atoms with E-state index in [2.05, 4.69) is 25.1 Å². The molecule has 0 radical (unpaired) electrons. The van der Waals surface area contributed by atoms with Crippen molar-refractivity contribution in [2.45, 2.75) is 30.4 Å². The third-order valence-corrected chi connectivity index (χ3v) is 6.12. The van der Waals surface area contributed by atoms with E-state index in [0.717, 1.165) is 5.56 Å². The summed E-state index contributed by atoms with van der Waals surface area (Å²) in [4.78, 5) is 21.3. The smallest absolute Gasteiger partial charge is 0.263 e. The first-order chi connectivity index (χ1) is 14.4. The number of hydrogen-bond donors (Lipinski definition) is 2.